The van der Waals surface area contributed by atoms with Crippen LogP contribution in [0.4, 0.5) is 13.2 Å². The fraction of sp³-hybridized carbons (Fsp3) is 0.389. The Bertz CT molecular complexity index is 710. The minimum absolute atomic E-state index is 0. The molecule has 156 valence electrons. The highest BCUT2D eigenvalue weighted by atomic mass is 127. The van der Waals surface area contributed by atoms with Gasteiger partial charge in [-0.15, -0.1) is 35.3 Å². The van der Waals surface area contributed by atoms with Crippen molar-refractivity contribution in [3.63, 3.8) is 0 Å². The Labute approximate surface area is 183 Å². The van der Waals surface area contributed by atoms with Gasteiger partial charge in [0.25, 0.3) is 0 Å². The first-order valence-corrected chi connectivity index (χ1v) is 9.29. The zero-order chi connectivity index (χ0) is 19.7. The molecule has 5 nitrogen and oxygen atoms in total. The SMILES string of the molecule is CCNC(=NCc1cccs1)NCC(O)COc1ccc(C(F)(F)F)cc1.I. The summed E-state index contributed by atoms with van der Waals surface area (Å²) in [4.78, 5) is 5.55. The predicted molar refractivity (Wildman–Crippen MR) is 115 cm³/mol. The van der Waals surface area contributed by atoms with Gasteiger partial charge in [0.15, 0.2) is 5.96 Å². The Morgan fingerprint density at radius 3 is 2.50 bits per heavy atom. The summed E-state index contributed by atoms with van der Waals surface area (Å²) < 4.78 is 42.9. The van der Waals surface area contributed by atoms with Crippen LogP contribution in [-0.2, 0) is 12.7 Å². The maximum Gasteiger partial charge on any atom is 0.416 e. The summed E-state index contributed by atoms with van der Waals surface area (Å²) in [6.07, 6.45) is -5.23. The molecule has 1 aromatic carbocycles. The van der Waals surface area contributed by atoms with E-state index < -0.39 is 17.8 Å². The number of guanidine groups is 1. The Morgan fingerprint density at radius 1 is 1.21 bits per heavy atom. The van der Waals surface area contributed by atoms with Gasteiger partial charge in [-0.05, 0) is 42.6 Å². The average molecular weight is 529 g/mol. The Morgan fingerprint density at radius 2 is 1.93 bits per heavy atom. The van der Waals surface area contributed by atoms with Gasteiger partial charge in [0.2, 0.25) is 0 Å². The first kappa shape index (κ1) is 24.5. The molecule has 2 aromatic rings. The number of alkyl halides is 3. The van der Waals surface area contributed by atoms with Crippen LogP contribution in [0.1, 0.15) is 17.4 Å². The van der Waals surface area contributed by atoms with Crippen LogP contribution in [0.25, 0.3) is 0 Å². The van der Waals surface area contributed by atoms with E-state index in [0.717, 1.165) is 17.0 Å². The predicted octanol–water partition coefficient (Wildman–Crippen LogP) is 3.88. The van der Waals surface area contributed by atoms with Gasteiger partial charge in [-0.2, -0.15) is 13.2 Å². The fourth-order valence-electron chi connectivity index (χ4n) is 2.11. The molecule has 0 bridgehead atoms. The Kier molecular flexibility index (Phi) is 10.6. The lowest BCUT2D eigenvalue weighted by molar-refractivity contribution is -0.137. The van der Waals surface area contributed by atoms with Gasteiger partial charge < -0.3 is 20.5 Å². The highest BCUT2D eigenvalue weighted by Crippen LogP contribution is 2.30. The van der Waals surface area contributed by atoms with Crippen LogP contribution in [0.3, 0.4) is 0 Å². The lowest BCUT2D eigenvalue weighted by Gasteiger charge is -2.16. The zero-order valence-corrected chi connectivity index (χ0v) is 18.3. The summed E-state index contributed by atoms with van der Waals surface area (Å²) in [7, 11) is 0. The third-order valence-electron chi connectivity index (χ3n) is 3.45. The van der Waals surface area contributed by atoms with Crippen LogP contribution in [0.2, 0.25) is 0 Å². The third kappa shape index (κ3) is 8.65. The minimum atomic E-state index is -4.38. The number of nitrogens with zero attached hydrogens (tertiary/aromatic N) is 1. The summed E-state index contributed by atoms with van der Waals surface area (Å²) in [5, 5.41) is 18.1. The highest BCUT2D eigenvalue weighted by Gasteiger charge is 2.30. The maximum absolute atomic E-state index is 12.5. The number of nitrogens with one attached hydrogen (secondary N) is 2. The van der Waals surface area contributed by atoms with Gasteiger partial charge in [-0.1, -0.05) is 6.07 Å². The molecule has 0 saturated carbocycles. The van der Waals surface area contributed by atoms with Crippen LogP contribution in [0.15, 0.2) is 46.8 Å². The number of hydrogen-bond acceptors (Lipinski definition) is 4. The van der Waals surface area contributed by atoms with E-state index >= 15 is 0 Å². The monoisotopic (exact) mass is 529 g/mol. The van der Waals surface area contributed by atoms with Crippen LogP contribution < -0.4 is 15.4 Å². The van der Waals surface area contributed by atoms with Crippen LogP contribution >= 0.6 is 35.3 Å². The Hall–Kier alpha value is -1.53. The van der Waals surface area contributed by atoms with Crippen molar-refractivity contribution in [1.29, 1.82) is 0 Å². The van der Waals surface area contributed by atoms with Gasteiger partial charge in [-0.25, -0.2) is 4.99 Å². The molecule has 0 spiro atoms. The van der Waals surface area contributed by atoms with Crippen LogP contribution in [-0.4, -0.2) is 36.9 Å². The number of thiophene rings is 1. The second-order valence-corrected chi connectivity index (χ2v) is 6.67. The molecule has 10 heteroatoms. The van der Waals surface area contributed by atoms with Gasteiger partial charge in [0, 0.05) is 18.0 Å². The number of ether oxygens (including phenoxy) is 1. The Balaban J connectivity index is 0.00000392. The maximum atomic E-state index is 12.5. The van der Waals surface area contributed by atoms with E-state index in [4.69, 9.17) is 4.74 Å². The third-order valence-corrected chi connectivity index (χ3v) is 4.31. The van der Waals surface area contributed by atoms with E-state index in [2.05, 4.69) is 15.6 Å². The number of benzene rings is 1. The summed E-state index contributed by atoms with van der Waals surface area (Å²) >= 11 is 1.61. The minimum Gasteiger partial charge on any atom is -0.491 e. The van der Waals surface area contributed by atoms with Gasteiger partial charge >= 0.3 is 6.18 Å². The van der Waals surface area contributed by atoms with Crippen LogP contribution in [0.5, 0.6) is 5.75 Å². The van der Waals surface area contributed by atoms with E-state index in [1.807, 2.05) is 24.4 Å². The summed E-state index contributed by atoms with van der Waals surface area (Å²) in [6, 6.07) is 8.30. The number of hydrogen-bond donors (Lipinski definition) is 3. The molecule has 1 unspecified atom stereocenters. The zero-order valence-electron chi connectivity index (χ0n) is 15.2. The second-order valence-electron chi connectivity index (χ2n) is 5.64. The molecule has 0 amide bonds. The van der Waals surface area contributed by atoms with E-state index in [0.29, 0.717) is 19.0 Å². The van der Waals surface area contributed by atoms with Gasteiger partial charge in [0.05, 0.1) is 12.1 Å². The molecule has 1 heterocycles. The normalized spacial score (nSPS) is 12.8. The molecular formula is C18H23F3IN3O2S. The van der Waals surface area contributed by atoms with E-state index in [1.54, 1.807) is 11.3 Å². The van der Waals surface area contributed by atoms with Crippen molar-refractivity contribution in [3.05, 3.63) is 52.2 Å². The van der Waals surface area contributed by atoms with E-state index in [-0.39, 0.29) is 42.9 Å². The molecule has 0 radical (unpaired) electrons. The number of rotatable bonds is 8. The second kappa shape index (κ2) is 12.1. The quantitative estimate of drug-likeness (QED) is 0.276. The highest BCUT2D eigenvalue weighted by molar-refractivity contribution is 14.0. The van der Waals surface area contributed by atoms with Crippen molar-refractivity contribution in [2.45, 2.75) is 25.7 Å². The molecule has 0 fully saturated rings. The number of halogens is 4. The van der Waals surface area contributed by atoms with Crippen molar-refractivity contribution in [2.75, 3.05) is 19.7 Å². The molecule has 2 rings (SSSR count). The largest absolute Gasteiger partial charge is 0.491 e. The molecular weight excluding hydrogens is 506 g/mol. The van der Waals surface area contributed by atoms with Crippen molar-refractivity contribution in [2.24, 2.45) is 4.99 Å². The molecule has 0 saturated heterocycles. The average Bonchev–Trinajstić information content (AvgIpc) is 3.15. The van der Waals surface area contributed by atoms with Crippen LogP contribution in [0, 0.1) is 0 Å². The lowest BCUT2D eigenvalue weighted by atomic mass is 10.2. The van der Waals surface area contributed by atoms with E-state index in [1.165, 1.54) is 12.1 Å². The summed E-state index contributed by atoms with van der Waals surface area (Å²) in [5.41, 5.74) is -0.741. The van der Waals surface area contributed by atoms with Crippen molar-refractivity contribution >= 4 is 41.3 Å². The first-order chi connectivity index (χ1) is 12.9. The summed E-state index contributed by atoms with van der Waals surface area (Å²) in [6.45, 7) is 3.28. The topological polar surface area (TPSA) is 65.9 Å². The standard InChI is InChI=1S/C18H22F3N3O2S.HI/c1-2-22-17(24-11-16-4-3-9-27-16)23-10-14(25)12-26-15-7-5-13(6-8-15)18(19,20)21;/h3-9,14,25H,2,10-12H2,1H3,(H2,22,23,24);1H. The number of aliphatic imine (C=N–C) groups is 1. The van der Waals surface area contributed by atoms with Crippen molar-refractivity contribution in [3.8, 4) is 5.75 Å². The van der Waals surface area contributed by atoms with Crippen molar-refractivity contribution in [1.82, 2.24) is 10.6 Å². The number of aliphatic hydroxyl groups is 1. The molecule has 28 heavy (non-hydrogen) atoms. The molecule has 1 aromatic heterocycles. The molecule has 3 N–H and O–H groups in total. The smallest absolute Gasteiger partial charge is 0.416 e. The molecule has 1 atom stereocenters. The number of aliphatic hydroxyl groups excluding tert-OH is 1. The first-order valence-electron chi connectivity index (χ1n) is 8.41. The van der Waals surface area contributed by atoms with Gasteiger partial charge in [0.1, 0.15) is 18.5 Å². The van der Waals surface area contributed by atoms with E-state index in [9.17, 15) is 18.3 Å². The molecule has 0 aliphatic rings. The molecule has 0 aliphatic heterocycles. The lowest BCUT2D eigenvalue weighted by Crippen LogP contribution is -2.42. The molecule has 0 aliphatic carbocycles. The fourth-order valence-corrected chi connectivity index (χ4v) is 2.74. The summed E-state index contributed by atoms with van der Waals surface area (Å²) in [5.74, 6) is 0.833. The van der Waals surface area contributed by atoms with Crippen molar-refractivity contribution < 1.29 is 23.0 Å². The van der Waals surface area contributed by atoms with Gasteiger partial charge in [-0.3, -0.25) is 0 Å².